The highest BCUT2D eigenvalue weighted by Crippen LogP contribution is 2.23. The monoisotopic (exact) mass is 323 g/mol. The van der Waals surface area contributed by atoms with Crippen LogP contribution in [0.2, 0.25) is 0 Å². The molecule has 2 aromatic carbocycles. The van der Waals surface area contributed by atoms with Crippen LogP contribution in [-0.4, -0.2) is 18.5 Å². The second-order valence-electron chi connectivity index (χ2n) is 6.21. The molecule has 124 valence electrons. The van der Waals surface area contributed by atoms with E-state index in [1.54, 1.807) is 0 Å². The second-order valence-corrected chi connectivity index (χ2v) is 6.21. The molecule has 0 bridgehead atoms. The Morgan fingerprint density at radius 3 is 2.58 bits per heavy atom. The molecule has 3 rings (SSSR count). The largest absolute Gasteiger partial charge is 0.455 e. The van der Waals surface area contributed by atoms with E-state index < -0.39 is 0 Å². The van der Waals surface area contributed by atoms with Crippen molar-refractivity contribution in [1.82, 2.24) is 0 Å². The molecule has 0 radical (unpaired) electrons. The molecule has 0 spiro atoms. The number of benzene rings is 2. The van der Waals surface area contributed by atoms with Gasteiger partial charge in [0, 0.05) is 5.69 Å². The molecule has 24 heavy (non-hydrogen) atoms. The summed E-state index contributed by atoms with van der Waals surface area (Å²) in [7, 11) is 0. The van der Waals surface area contributed by atoms with Gasteiger partial charge in [-0.25, -0.2) is 0 Å². The van der Waals surface area contributed by atoms with Gasteiger partial charge in [0.25, 0.3) is 5.91 Å². The molecule has 1 N–H and O–H groups in total. The molecule has 0 fully saturated rings. The molecule has 0 saturated heterocycles. The van der Waals surface area contributed by atoms with Crippen LogP contribution in [0.15, 0.2) is 42.5 Å². The zero-order valence-electron chi connectivity index (χ0n) is 13.8. The highest BCUT2D eigenvalue weighted by Gasteiger charge is 2.13. The number of esters is 1. The summed E-state index contributed by atoms with van der Waals surface area (Å²) in [6, 6.07) is 13.6. The van der Waals surface area contributed by atoms with Crippen molar-refractivity contribution in [2.75, 3.05) is 11.9 Å². The minimum absolute atomic E-state index is 0.199. The van der Waals surface area contributed by atoms with E-state index >= 15 is 0 Å². The number of carbonyl (C=O) groups is 2. The summed E-state index contributed by atoms with van der Waals surface area (Å²) in [4.78, 5) is 23.7. The highest BCUT2D eigenvalue weighted by molar-refractivity contribution is 5.92. The summed E-state index contributed by atoms with van der Waals surface area (Å²) in [6.45, 7) is 1.71. The smallest absolute Gasteiger partial charge is 0.310 e. The fraction of sp³-hybridized carbons (Fsp3) is 0.300. The van der Waals surface area contributed by atoms with Crippen molar-refractivity contribution < 1.29 is 14.3 Å². The average molecular weight is 323 g/mol. The van der Waals surface area contributed by atoms with Gasteiger partial charge in [0.15, 0.2) is 6.61 Å². The number of carbonyl (C=O) groups excluding carboxylic acids is 2. The second kappa shape index (κ2) is 7.30. The molecule has 0 heterocycles. The van der Waals surface area contributed by atoms with Gasteiger partial charge >= 0.3 is 5.97 Å². The average Bonchev–Trinajstić information content (AvgIpc) is 3.03. The van der Waals surface area contributed by atoms with Gasteiger partial charge in [0.2, 0.25) is 0 Å². The van der Waals surface area contributed by atoms with Crippen molar-refractivity contribution in [1.29, 1.82) is 0 Å². The van der Waals surface area contributed by atoms with Gasteiger partial charge in [-0.1, -0.05) is 35.9 Å². The van der Waals surface area contributed by atoms with Crippen LogP contribution in [0.25, 0.3) is 0 Å². The van der Waals surface area contributed by atoms with Crippen LogP contribution in [0.4, 0.5) is 5.69 Å². The minimum Gasteiger partial charge on any atom is -0.455 e. The lowest BCUT2D eigenvalue weighted by Gasteiger charge is -2.08. The van der Waals surface area contributed by atoms with E-state index in [-0.39, 0.29) is 24.9 Å². The van der Waals surface area contributed by atoms with Crippen LogP contribution < -0.4 is 5.32 Å². The lowest BCUT2D eigenvalue weighted by atomic mass is 10.0. The number of ether oxygens (including phenoxy) is 1. The number of fused-ring (bicyclic) bond motifs is 1. The van der Waals surface area contributed by atoms with E-state index in [1.165, 1.54) is 17.5 Å². The maximum Gasteiger partial charge on any atom is 0.310 e. The third-order valence-corrected chi connectivity index (χ3v) is 4.21. The van der Waals surface area contributed by atoms with Gasteiger partial charge in [-0.05, 0) is 55.0 Å². The van der Waals surface area contributed by atoms with Crippen LogP contribution >= 0.6 is 0 Å². The first kappa shape index (κ1) is 16.2. The molecule has 0 saturated carbocycles. The number of nitrogens with one attached hydrogen (secondary N) is 1. The maximum atomic E-state index is 11.9. The molecule has 1 aliphatic rings. The first-order valence-electron chi connectivity index (χ1n) is 8.23. The third kappa shape index (κ3) is 4.22. The van der Waals surface area contributed by atoms with Crippen LogP contribution in [0.5, 0.6) is 0 Å². The molecule has 0 atom stereocenters. The van der Waals surface area contributed by atoms with E-state index in [4.69, 9.17) is 4.74 Å². The fourth-order valence-electron chi connectivity index (χ4n) is 2.93. The summed E-state index contributed by atoms with van der Waals surface area (Å²) in [6.07, 6.45) is 3.59. The molecule has 4 nitrogen and oxygen atoms in total. The lowest BCUT2D eigenvalue weighted by molar-refractivity contribution is -0.146. The summed E-state index contributed by atoms with van der Waals surface area (Å²) < 4.78 is 5.07. The Morgan fingerprint density at radius 1 is 1.04 bits per heavy atom. The van der Waals surface area contributed by atoms with Gasteiger partial charge in [-0.3, -0.25) is 9.59 Å². The Bertz CT molecular complexity index is 750. The number of amides is 1. The molecule has 0 unspecified atom stereocenters. The van der Waals surface area contributed by atoms with E-state index in [9.17, 15) is 9.59 Å². The van der Waals surface area contributed by atoms with Crippen molar-refractivity contribution in [3.8, 4) is 0 Å². The zero-order valence-corrected chi connectivity index (χ0v) is 13.8. The quantitative estimate of drug-likeness (QED) is 0.860. The van der Waals surface area contributed by atoms with E-state index in [0.29, 0.717) is 5.69 Å². The molecular formula is C20H21NO3. The van der Waals surface area contributed by atoms with Crippen molar-refractivity contribution >= 4 is 17.6 Å². The molecular weight excluding hydrogens is 302 g/mol. The maximum absolute atomic E-state index is 11.9. The van der Waals surface area contributed by atoms with Gasteiger partial charge in [0.05, 0.1) is 6.42 Å². The van der Waals surface area contributed by atoms with Crippen molar-refractivity contribution in [3.63, 3.8) is 0 Å². The molecule has 1 aliphatic carbocycles. The van der Waals surface area contributed by atoms with Crippen LogP contribution in [0, 0.1) is 6.92 Å². The molecule has 1 amide bonds. The first-order valence-corrected chi connectivity index (χ1v) is 8.23. The van der Waals surface area contributed by atoms with Crippen LogP contribution in [-0.2, 0) is 33.6 Å². The van der Waals surface area contributed by atoms with Gasteiger partial charge < -0.3 is 10.1 Å². The fourth-order valence-corrected chi connectivity index (χ4v) is 2.93. The summed E-state index contributed by atoms with van der Waals surface area (Å²) in [5.74, 6) is -0.715. The standard InChI is InChI=1S/C20H21NO3/c1-14-5-9-18(10-6-14)21-19(22)13-24-20(23)12-15-7-8-16-3-2-4-17(16)11-15/h5-11H,2-4,12-13H2,1H3,(H,21,22). The van der Waals surface area contributed by atoms with E-state index in [1.807, 2.05) is 37.3 Å². The molecule has 0 aromatic heterocycles. The molecule has 0 aliphatic heterocycles. The number of aryl methyl sites for hydroxylation is 3. The van der Waals surface area contributed by atoms with Gasteiger partial charge in [-0.2, -0.15) is 0 Å². The van der Waals surface area contributed by atoms with Crippen molar-refractivity contribution in [2.45, 2.75) is 32.6 Å². The number of rotatable bonds is 5. The number of hydrogen-bond donors (Lipinski definition) is 1. The number of anilines is 1. The van der Waals surface area contributed by atoms with Crippen molar-refractivity contribution in [2.24, 2.45) is 0 Å². The summed E-state index contributed by atoms with van der Waals surface area (Å²) >= 11 is 0. The van der Waals surface area contributed by atoms with E-state index in [2.05, 4.69) is 17.4 Å². The Kier molecular flexibility index (Phi) is 4.94. The summed E-state index contributed by atoms with van der Waals surface area (Å²) in [5.41, 5.74) is 5.47. The Morgan fingerprint density at radius 2 is 1.79 bits per heavy atom. The SMILES string of the molecule is Cc1ccc(NC(=O)COC(=O)Cc2ccc3c(c2)CCC3)cc1. The third-order valence-electron chi connectivity index (χ3n) is 4.21. The van der Waals surface area contributed by atoms with Crippen LogP contribution in [0.3, 0.4) is 0 Å². The Hall–Kier alpha value is -2.62. The van der Waals surface area contributed by atoms with Gasteiger partial charge in [0.1, 0.15) is 0 Å². The molecule has 4 heteroatoms. The normalized spacial score (nSPS) is 12.5. The predicted molar refractivity (Wildman–Crippen MR) is 92.9 cm³/mol. The van der Waals surface area contributed by atoms with Gasteiger partial charge in [-0.15, -0.1) is 0 Å². The molecule has 2 aromatic rings. The lowest BCUT2D eigenvalue weighted by Crippen LogP contribution is -2.21. The highest BCUT2D eigenvalue weighted by atomic mass is 16.5. The Balaban J connectivity index is 1.46. The summed E-state index contributed by atoms with van der Waals surface area (Å²) in [5, 5.41) is 2.71. The number of hydrogen-bond acceptors (Lipinski definition) is 3. The van der Waals surface area contributed by atoms with Crippen molar-refractivity contribution in [3.05, 3.63) is 64.7 Å². The Labute approximate surface area is 141 Å². The minimum atomic E-state index is -0.382. The van der Waals surface area contributed by atoms with Crippen LogP contribution in [0.1, 0.15) is 28.7 Å². The van der Waals surface area contributed by atoms with E-state index in [0.717, 1.165) is 24.0 Å². The topological polar surface area (TPSA) is 55.4 Å². The first-order chi connectivity index (χ1) is 11.6. The predicted octanol–water partition coefficient (Wildman–Crippen LogP) is 3.21. The zero-order chi connectivity index (χ0) is 16.9.